The number of rotatable bonds is 0. The van der Waals surface area contributed by atoms with Crippen molar-refractivity contribution in [1.29, 1.82) is 0 Å². The molecular weight excluding hydrogens is 122 g/mol. The zero-order valence-corrected chi connectivity index (χ0v) is 5.88. The highest BCUT2D eigenvalue weighted by molar-refractivity contribution is 5.44. The number of nitrogens with two attached hydrogens (primary N) is 1. The number of hydrogen-bond donors (Lipinski definition) is 1. The molecule has 0 bridgehead atoms. The van der Waals surface area contributed by atoms with Gasteiger partial charge in [-0.2, -0.15) is 0 Å². The van der Waals surface area contributed by atoms with Crippen LogP contribution in [-0.4, -0.2) is 6.04 Å². The van der Waals surface area contributed by atoms with E-state index in [4.69, 9.17) is 5.73 Å². The van der Waals surface area contributed by atoms with Crippen molar-refractivity contribution in [3.63, 3.8) is 0 Å². The Hall–Kier alpha value is -0.820. The first-order valence-electron chi connectivity index (χ1n) is 3.68. The Morgan fingerprint density at radius 3 is 3.10 bits per heavy atom. The molecule has 0 amide bonds. The van der Waals surface area contributed by atoms with Gasteiger partial charge in [0.25, 0.3) is 0 Å². The van der Waals surface area contributed by atoms with Crippen LogP contribution in [0.1, 0.15) is 12.8 Å². The molecule has 0 aromatic heterocycles. The predicted molar refractivity (Wildman–Crippen MR) is 42.5 cm³/mol. The second-order valence-electron chi connectivity index (χ2n) is 2.88. The standard InChI is InChI=1S/C9H11N/c10-9-5-7-3-1-2-4-8(7)6-9/h1-3,6,9H,4-5,10H2. The van der Waals surface area contributed by atoms with Crippen LogP contribution >= 0.6 is 0 Å². The molecule has 0 spiro atoms. The molecular formula is C9H11N. The van der Waals surface area contributed by atoms with E-state index in [9.17, 15) is 0 Å². The lowest BCUT2D eigenvalue weighted by atomic mass is 10.0. The van der Waals surface area contributed by atoms with Crippen LogP contribution in [0.4, 0.5) is 0 Å². The molecule has 2 N–H and O–H groups in total. The van der Waals surface area contributed by atoms with Crippen LogP contribution in [0.2, 0.25) is 0 Å². The number of allylic oxidation sites excluding steroid dienone is 4. The fourth-order valence-electron chi connectivity index (χ4n) is 1.56. The summed E-state index contributed by atoms with van der Waals surface area (Å²) in [5, 5.41) is 0. The highest BCUT2D eigenvalue weighted by Gasteiger charge is 2.16. The third-order valence-electron chi connectivity index (χ3n) is 2.05. The highest BCUT2D eigenvalue weighted by atomic mass is 14.6. The molecule has 0 aromatic rings. The summed E-state index contributed by atoms with van der Waals surface area (Å²) in [4.78, 5) is 0. The van der Waals surface area contributed by atoms with Gasteiger partial charge >= 0.3 is 0 Å². The Balaban J connectivity index is 2.33. The monoisotopic (exact) mass is 133 g/mol. The van der Waals surface area contributed by atoms with Crippen LogP contribution in [-0.2, 0) is 0 Å². The van der Waals surface area contributed by atoms with Crippen molar-refractivity contribution >= 4 is 0 Å². The maximum Gasteiger partial charge on any atom is 0.0270 e. The zero-order chi connectivity index (χ0) is 6.97. The SMILES string of the molecule is NC1C=C2CC=CC=C2C1. The van der Waals surface area contributed by atoms with Crippen LogP contribution in [0, 0.1) is 0 Å². The van der Waals surface area contributed by atoms with Crippen LogP contribution in [0.5, 0.6) is 0 Å². The van der Waals surface area contributed by atoms with E-state index >= 15 is 0 Å². The first-order valence-corrected chi connectivity index (χ1v) is 3.68. The van der Waals surface area contributed by atoms with Gasteiger partial charge in [-0.1, -0.05) is 24.3 Å². The molecule has 0 aromatic carbocycles. The smallest absolute Gasteiger partial charge is 0.0270 e. The van der Waals surface area contributed by atoms with Crippen molar-refractivity contribution in [1.82, 2.24) is 0 Å². The second-order valence-corrected chi connectivity index (χ2v) is 2.88. The highest BCUT2D eigenvalue weighted by Crippen LogP contribution is 2.29. The minimum absolute atomic E-state index is 0.279. The van der Waals surface area contributed by atoms with Gasteiger partial charge in [-0.3, -0.25) is 0 Å². The molecule has 52 valence electrons. The lowest BCUT2D eigenvalue weighted by Crippen LogP contribution is -2.12. The van der Waals surface area contributed by atoms with Gasteiger partial charge in [-0.05, 0) is 24.0 Å². The summed E-state index contributed by atoms with van der Waals surface area (Å²) in [5.74, 6) is 0. The van der Waals surface area contributed by atoms with Crippen molar-refractivity contribution in [2.75, 3.05) is 0 Å². The van der Waals surface area contributed by atoms with Crippen LogP contribution in [0.15, 0.2) is 35.5 Å². The quantitative estimate of drug-likeness (QED) is 0.533. The summed E-state index contributed by atoms with van der Waals surface area (Å²) in [6.45, 7) is 0. The summed E-state index contributed by atoms with van der Waals surface area (Å²) in [5.41, 5.74) is 8.63. The third-order valence-corrected chi connectivity index (χ3v) is 2.05. The Bertz CT molecular complexity index is 233. The van der Waals surface area contributed by atoms with E-state index in [0.29, 0.717) is 0 Å². The van der Waals surface area contributed by atoms with Gasteiger partial charge in [0, 0.05) is 6.04 Å². The van der Waals surface area contributed by atoms with E-state index in [1.807, 2.05) is 0 Å². The molecule has 2 rings (SSSR count). The van der Waals surface area contributed by atoms with E-state index in [1.165, 1.54) is 11.1 Å². The molecule has 2 aliphatic rings. The maximum atomic E-state index is 5.75. The molecule has 0 fully saturated rings. The molecule has 0 saturated carbocycles. The molecule has 10 heavy (non-hydrogen) atoms. The summed E-state index contributed by atoms with van der Waals surface area (Å²) in [6, 6.07) is 0.279. The normalized spacial score (nSPS) is 29.5. The minimum atomic E-state index is 0.279. The third kappa shape index (κ3) is 0.830. The Morgan fingerprint density at radius 2 is 2.30 bits per heavy atom. The van der Waals surface area contributed by atoms with Crippen molar-refractivity contribution in [2.45, 2.75) is 18.9 Å². The van der Waals surface area contributed by atoms with Gasteiger partial charge < -0.3 is 5.73 Å². The van der Waals surface area contributed by atoms with Crippen molar-refractivity contribution in [3.8, 4) is 0 Å². The Labute approximate surface area is 60.9 Å². The fraction of sp³-hybridized carbons (Fsp3) is 0.333. The van der Waals surface area contributed by atoms with E-state index in [2.05, 4.69) is 24.3 Å². The largest absolute Gasteiger partial charge is 0.324 e. The van der Waals surface area contributed by atoms with Crippen LogP contribution < -0.4 is 5.73 Å². The predicted octanol–water partition coefficient (Wildman–Crippen LogP) is 1.53. The van der Waals surface area contributed by atoms with E-state index in [0.717, 1.165) is 12.8 Å². The Morgan fingerprint density at radius 1 is 1.40 bits per heavy atom. The van der Waals surface area contributed by atoms with Crippen molar-refractivity contribution in [3.05, 3.63) is 35.5 Å². The molecule has 1 nitrogen and oxygen atoms in total. The molecule has 0 saturated heterocycles. The fourth-order valence-corrected chi connectivity index (χ4v) is 1.56. The minimum Gasteiger partial charge on any atom is -0.324 e. The molecule has 1 atom stereocenters. The van der Waals surface area contributed by atoms with Crippen LogP contribution in [0.25, 0.3) is 0 Å². The second kappa shape index (κ2) is 2.10. The first kappa shape index (κ1) is 5.93. The van der Waals surface area contributed by atoms with Gasteiger partial charge in [0.2, 0.25) is 0 Å². The van der Waals surface area contributed by atoms with Gasteiger partial charge in [0.1, 0.15) is 0 Å². The Kier molecular flexibility index (Phi) is 1.24. The zero-order valence-electron chi connectivity index (χ0n) is 5.88. The van der Waals surface area contributed by atoms with Gasteiger partial charge in [0.15, 0.2) is 0 Å². The molecule has 0 heterocycles. The van der Waals surface area contributed by atoms with E-state index < -0.39 is 0 Å². The topological polar surface area (TPSA) is 26.0 Å². The molecule has 2 aliphatic carbocycles. The lowest BCUT2D eigenvalue weighted by molar-refractivity contribution is 0.846. The number of hydrogen-bond acceptors (Lipinski definition) is 1. The average molecular weight is 133 g/mol. The summed E-state index contributed by atoms with van der Waals surface area (Å²) >= 11 is 0. The lowest BCUT2D eigenvalue weighted by Gasteiger charge is -2.04. The molecule has 1 unspecified atom stereocenters. The number of fused-ring (bicyclic) bond motifs is 1. The maximum absolute atomic E-state index is 5.75. The summed E-state index contributed by atoms with van der Waals surface area (Å²) in [6.07, 6.45) is 10.8. The molecule has 1 heteroatoms. The van der Waals surface area contributed by atoms with E-state index in [-0.39, 0.29) is 6.04 Å². The summed E-state index contributed by atoms with van der Waals surface area (Å²) < 4.78 is 0. The van der Waals surface area contributed by atoms with Gasteiger partial charge in [0.05, 0.1) is 0 Å². The summed E-state index contributed by atoms with van der Waals surface area (Å²) in [7, 11) is 0. The van der Waals surface area contributed by atoms with Crippen molar-refractivity contribution in [2.24, 2.45) is 5.73 Å². The average Bonchev–Trinajstić information content (AvgIpc) is 2.27. The molecule has 0 radical (unpaired) electrons. The molecule has 0 aliphatic heterocycles. The first-order chi connectivity index (χ1) is 4.86. The van der Waals surface area contributed by atoms with Crippen molar-refractivity contribution < 1.29 is 0 Å². The van der Waals surface area contributed by atoms with Gasteiger partial charge in [-0.15, -0.1) is 0 Å². The van der Waals surface area contributed by atoms with E-state index in [1.54, 1.807) is 0 Å². The van der Waals surface area contributed by atoms with Crippen LogP contribution in [0.3, 0.4) is 0 Å². The van der Waals surface area contributed by atoms with Gasteiger partial charge in [-0.25, -0.2) is 0 Å².